The number of urea groups is 1. The summed E-state index contributed by atoms with van der Waals surface area (Å²) in [4.78, 5) is 16.5. The number of ether oxygens (including phenoxy) is 2. The van der Waals surface area contributed by atoms with Gasteiger partial charge in [-0.2, -0.15) is 5.10 Å². The Kier molecular flexibility index (Phi) is 4.92. The van der Waals surface area contributed by atoms with Gasteiger partial charge >= 0.3 is 6.03 Å². The number of methoxy groups -OCH3 is 2. The Balaban J connectivity index is 1.65. The quantitative estimate of drug-likeness (QED) is 0.734. The first-order valence-electron chi connectivity index (χ1n) is 8.07. The molecule has 0 saturated carbocycles. The SMILES string of the molecule is COc1ccc(CNC(=O)Nc2cnc3c(c2)c(C)nn3C)cc1OC. The van der Waals surface area contributed by atoms with Crippen LogP contribution in [0.3, 0.4) is 0 Å². The Labute approximate surface area is 151 Å². The molecular weight excluding hydrogens is 334 g/mol. The van der Waals surface area contributed by atoms with Crippen molar-refractivity contribution < 1.29 is 14.3 Å². The average molecular weight is 355 g/mol. The highest BCUT2D eigenvalue weighted by Gasteiger charge is 2.09. The first kappa shape index (κ1) is 17.5. The summed E-state index contributed by atoms with van der Waals surface area (Å²) in [7, 11) is 4.99. The van der Waals surface area contributed by atoms with E-state index in [-0.39, 0.29) is 6.03 Å². The van der Waals surface area contributed by atoms with Crippen molar-refractivity contribution in [3.63, 3.8) is 0 Å². The lowest BCUT2D eigenvalue weighted by Gasteiger charge is -2.11. The van der Waals surface area contributed by atoms with Crippen molar-refractivity contribution in [2.75, 3.05) is 19.5 Å². The van der Waals surface area contributed by atoms with Crippen molar-refractivity contribution in [3.05, 3.63) is 41.7 Å². The lowest BCUT2D eigenvalue weighted by Crippen LogP contribution is -2.28. The molecule has 1 aromatic carbocycles. The zero-order chi connectivity index (χ0) is 18.7. The normalized spacial score (nSPS) is 10.6. The van der Waals surface area contributed by atoms with Gasteiger partial charge in [-0.3, -0.25) is 4.68 Å². The van der Waals surface area contributed by atoms with Crippen molar-refractivity contribution in [2.24, 2.45) is 7.05 Å². The largest absolute Gasteiger partial charge is 0.493 e. The van der Waals surface area contributed by atoms with Crippen LogP contribution in [0.1, 0.15) is 11.3 Å². The maximum absolute atomic E-state index is 12.2. The molecular formula is C18H21N5O3. The van der Waals surface area contributed by atoms with E-state index in [1.807, 2.05) is 32.2 Å². The number of hydrogen-bond donors (Lipinski definition) is 2. The summed E-state index contributed by atoms with van der Waals surface area (Å²) >= 11 is 0. The molecule has 0 aliphatic rings. The first-order valence-corrected chi connectivity index (χ1v) is 8.07. The summed E-state index contributed by atoms with van der Waals surface area (Å²) in [6, 6.07) is 7.04. The molecule has 136 valence electrons. The van der Waals surface area contributed by atoms with E-state index >= 15 is 0 Å². The zero-order valence-electron chi connectivity index (χ0n) is 15.2. The molecule has 2 N–H and O–H groups in total. The number of carbonyl (C=O) groups is 1. The molecule has 0 unspecified atom stereocenters. The molecule has 2 aromatic heterocycles. The number of nitrogens with zero attached hydrogens (tertiary/aromatic N) is 3. The van der Waals surface area contributed by atoms with Gasteiger partial charge in [0.2, 0.25) is 0 Å². The van der Waals surface area contributed by atoms with Crippen LogP contribution in [0, 0.1) is 6.92 Å². The predicted molar refractivity (Wildman–Crippen MR) is 98.7 cm³/mol. The number of pyridine rings is 1. The zero-order valence-corrected chi connectivity index (χ0v) is 15.2. The molecule has 0 radical (unpaired) electrons. The summed E-state index contributed by atoms with van der Waals surface area (Å²) in [6.45, 7) is 2.26. The second kappa shape index (κ2) is 7.30. The standard InChI is InChI=1S/C18H21N5O3/c1-11-14-8-13(10-19-17(14)23(2)22-11)21-18(24)20-9-12-5-6-15(25-3)16(7-12)26-4/h5-8,10H,9H2,1-4H3,(H2,20,21,24). The highest BCUT2D eigenvalue weighted by molar-refractivity contribution is 5.92. The van der Waals surface area contributed by atoms with E-state index in [1.165, 1.54) is 0 Å². The molecule has 26 heavy (non-hydrogen) atoms. The Morgan fingerprint density at radius 1 is 1.19 bits per heavy atom. The third-order valence-electron chi connectivity index (χ3n) is 4.02. The number of anilines is 1. The number of carbonyl (C=O) groups excluding carboxylic acids is 1. The monoisotopic (exact) mass is 355 g/mol. The van der Waals surface area contributed by atoms with Crippen LogP contribution in [0.15, 0.2) is 30.5 Å². The second-order valence-electron chi connectivity index (χ2n) is 5.80. The molecule has 0 spiro atoms. The van der Waals surface area contributed by atoms with Gasteiger partial charge in [0.05, 0.1) is 31.8 Å². The van der Waals surface area contributed by atoms with E-state index in [9.17, 15) is 4.79 Å². The molecule has 0 bridgehead atoms. The van der Waals surface area contributed by atoms with Gasteiger partial charge in [-0.15, -0.1) is 0 Å². The maximum Gasteiger partial charge on any atom is 0.319 e. The van der Waals surface area contributed by atoms with Crippen LogP contribution < -0.4 is 20.1 Å². The number of fused-ring (bicyclic) bond motifs is 1. The highest BCUT2D eigenvalue weighted by atomic mass is 16.5. The van der Waals surface area contributed by atoms with Gasteiger partial charge in [0.1, 0.15) is 0 Å². The molecule has 2 heterocycles. The van der Waals surface area contributed by atoms with E-state index in [0.717, 1.165) is 22.3 Å². The Hall–Kier alpha value is -3.29. The van der Waals surface area contributed by atoms with E-state index in [2.05, 4.69) is 20.7 Å². The molecule has 3 rings (SSSR count). The summed E-state index contributed by atoms with van der Waals surface area (Å²) < 4.78 is 12.2. The first-order chi connectivity index (χ1) is 12.5. The third-order valence-corrected chi connectivity index (χ3v) is 4.02. The van der Waals surface area contributed by atoms with Crippen molar-refractivity contribution in [2.45, 2.75) is 13.5 Å². The van der Waals surface area contributed by atoms with E-state index in [1.54, 1.807) is 31.2 Å². The highest BCUT2D eigenvalue weighted by Crippen LogP contribution is 2.27. The fourth-order valence-electron chi connectivity index (χ4n) is 2.72. The van der Waals surface area contributed by atoms with Gasteiger partial charge in [0.25, 0.3) is 0 Å². The topological polar surface area (TPSA) is 90.3 Å². The fraction of sp³-hybridized carbons (Fsp3) is 0.278. The summed E-state index contributed by atoms with van der Waals surface area (Å²) in [6.07, 6.45) is 1.61. The molecule has 0 aliphatic carbocycles. The molecule has 0 aliphatic heterocycles. The summed E-state index contributed by atoms with van der Waals surface area (Å²) in [5.74, 6) is 1.26. The number of nitrogens with one attached hydrogen (secondary N) is 2. The molecule has 0 fully saturated rings. The minimum absolute atomic E-state index is 0.317. The van der Waals surface area contributed by atoms with Crippen LogP contribution in [-0.2, 0) is 13.6 Å². The van der Waals surface area contributed by atoms with Gasteiger partial charge in [0.15, 0.2) is 17.1 Å². The van der Waals surface area contributed by atoms with Crippen LogP contribution in [-0.4, -0.2) is 35.0 Å². The van der Waals surface area contributed by atoms with Crippen LogP contribution >= 0.6 is 0 Å². The predicted octanol–water partition coefficient (Wildman–Crippen LogP) is 2.62. The number of amides is 2. The van der Waals surface area contributed by atoms with Gasteiger partial charge in [-0.1, -0.05) is 6.07 Å². The van der Waals surface area contributed by atoms with Crippen molar-refractivity contribution in [1.29, 1.82) is 0 Å². The van der Waals surface area contributed by atoms with Gasteiger partial charge in [0, 0.05) is 19.0 Å². The second-order valence-corrected chi connectivity index (χ2v) is 5.80. The van der Waals surface area contributed by atoms with E-state index in [4.69, 9.17) is 9.47 Å². The van der Waals surface area contributed by atoms with Crippen molar-refractivity contribution in [3.8, 4) is 11.5 Å². The van der Waals surface area contributed by atoms with Gasteiger partial charge in [-0.25, -0.2) is 9.78 Å². The number of rotatable bonds is 5. The average Bonchev–Trinajstić information content (AvgIpc) is 2.93. The van der Waals surface area contributed by atoms with Gasteiger partial charge in [-0.05, 0) is 30.7 Å². The lowest BCUT2D eigenvalue weighted by atomic mass is 10.2. The number of hydrogen-bond acceptors (Lipinski definition) is 5. The maximum atomic E-state index is 12.2. The van der Waals surface area contributed by atoms with E-state index < -0.39 is 0 Å². The van der Waals surface area contributed by atoms with Crippen LogP contribution in [0.4, 0.5) is 10.5 Å². The molecule has 8 heteroatoms. The van der Waals surface area contributed by atoms with Crippen LogP contribution in [0.25, 0.3) is 11.0 Å². The minimum atomic E-state index is -0.317. The lowest BCUT2D eigenvalue weighted by molar-refractivity contribution is 0.251. The summed E-state index contributed by atoms with van der Waals surface area (Å²) in [5, 5.41) is 10.8. The Morgan fingerprint density at radius 3 is 2.69 bits per heavy atom. The number of aromatic nitrogens is 3. The Bertz CT molecular complexity index is 951. The molecule has 0 saturated heterocycles. The molecule has 8 nitrogen and oxygen atoms in total. The molecule has 0 atom stereocenters. The third kappa shape index (κ3) is 3.53. The van der Waals surface area contributed by atoms with Gasteiger partial charge < -0.3 is 20.1 Å². The van der Waals surface area contributed by atoms with Crippen LogP contribution in [0.2, 0.25) is 0 Å². The smallest absolute Gasteiger partial charge is 0.319 e. The molecule has 2 amide bonds. The fourth-order valence-corrected chi connectivity index (χ4v) is 2.72. The number of aryl methyl sites for hydroxylation is 2. The van der Waals surface area contributed by atoms with E-state index in [0.29, 0.717) is 23.7 Å². The Morgan fingerprint density at radius 2 is 1.96 bits per heavy atom. The van der Waals surface area contributed by atoms with Crippen molar-refractivity contribution in [1.82, 2.24) is 20.1 Å². The molecule has 3 aromatic rings. The van der Waals surface area contributed by atoms with Crippen LogP contribution in [0.5, 0.6) is 11.5 Å². The number of benzene rings is 1. The minimum Gasteiger partial charge on any atom is -0.493 e. The summed E-state index contributed by atoms with van der Waals surface area (Å²) in [5.41, 5.74) is 3.15. The van der Waals surface area contributed by atoms with Crippen molar-refractivity contribution >= 4 is 22.8 Å².